The molecule has 14 heavy (non-hydrogen) atoms. The average molecular weight is 214 g/mol. The van der Waals surface area contributed by atoms with Gasteiger partial charge in [-0.3, -0.25) is 0 Å². The normalized spacial score (nSPS) is 8.43. The topological polar surface area (TPSA) is 40.6 Å². The Morgan fingerprint density at radius 1 is 1.36 bits per heavy atom. The summed E-state index contributed by atoms with van der Waals surface area (Å²) in [5, 5.41) is 8.73. The molecular formula is C9H12ClN3O. The maximum absolute atomic E-state index is 8.73. The molecule has 0 radical (unpaired) electrons. The van der Waals surface area contributed by atoms with Crippen LogP contribution in [-0.2, 0) is 0 Å². The average Bonchev–Trinajstić information content (AvgIpc) is 2.16. The number of methoxy groups -OCH3 is 1. The van der Waals surface area contributed by atoms with Crippen LogP contribution in [0.4, 0.5) is 11.4 Å². The van der Waals surface area contributed by atoms with Gasteiger partial charge in [-0.2, -0.15) is 0 Å². The van der Waals surface area contributed by atoms with Gasteiger partial charge in [0.15, 0.2) is 4.98 Å². The molecule has 5 heteroatoms. The van der Waals surface area contributed by atoms with Gasteiger partial charge in [0.25, 0.3) is 0 Å². The molecule has 0 saturated heterocycles. The summed E-state index contributed by atoms with van der Waals surface area (Å²) in [6.07, 6.45) is 0. The van der Waals surface area contributed by atoms with Crippen molar-refractivity contribution in [2.45, 2.75) is 0 Å². The summed E-state index contributed by atoms with van der Waals surface area (Å²) < 4.78 is 5.00. The Labute approximate surface area is 89.5 Å². The Kier molecular flexibility index (Phi) is 4.74. The van der Waals surface area contributed by atoms with Gasteiger partial charge in [-0.25, -0.2) is 0 Å². The molecule has 0 heterocycles. The minimum atomic E-state index is 0. The van der Waals surface area contributed by atoms with Gasteiger partial charge in [-0.05, 0) is 12.1 Å². The highest BCUT2D eigenvalue weighted by Crippen LogP contribution is 2.31. The van der Waals surface area contributed by atoms with Crippen LogP contribution in [0.1, 0.15) is 0 Å². The van der Waals surface area contributed by atoms with Crippen LogP contribution in [0.15, 0.2) is 18.2 Å². The minimum Gasteiger partial charge on any atom is -1.00 e. The van der Waals surface area contributed by atoms with Gasteiger partial charge in [-0.15, -0.1) is 0 Å². The Morgan fingerprint density at radius 3 is 2.43 bits per heavy atom. The van der Waals surface area contributed by atoms with Crippen molar-refractivity contribution >= 4 is 11.4 Å². The predicted octanol–water partition coefficient (Wildman–Crippen LogP) is -0.750. The zero-order valence-corrected chi connectivity index (χ0v) is 9.12. The highest BCUT2D eigenvalue weighted by atomic mass is 35.5. The summed E-state index contributed by atoms with van der Waals surface area (Å²) in [6, 6.07) is 5.34. The lowest BCUT2D eigenvalue weighted by atomic mass is 10.2. The zero-order valence-electron chi connectivity index (χ0n) is 8.36. The summed E-state index contributed by atoms with van der Waals surface area (Å²) in [5.41, 5.74) is 1.35. The maximum atomic E-state index is 8.73. The second kappa shape index (κ2) is 5.30. The van der Waals surface area contributed by atoms with Gasteiger partial charge in [0.05, 0.1) is 13.2 Å². The first-order chi connectivity index (χ1) is 6.19. The minimum absolute atomic E-state index is 0. The molecule has 0 saturated carbocycles. The fraction of sp³-hybridized carbons (Fsp3) is 0.333. The fourth-order valence-corrected chi connectivity index (χ4v) is 1.09. The van der Waals surface area contributed by atoms with Crippen molar-refractivity contribution in [3.8, 4) is 5.75 Å². The van der Waals surface area contributed by atoms with E-state index in [1.807, 2.05) is 31.1 Å². The van der Waals surface area contributed by atoms with Gasteiger partial charge >= 0.3 is 5.69 Å². The van der Waals surface area contributed by atoms with E-state index in [1.54, 1.807) is 13.2 Å². The van der Waals surface area contributed by atoms with Crippen molar-refractivity contribution in [1.82, 2.24) is 0 Å². The third-order valence-electron chi connectivity index (χ3n) is 1.77. The Bertz CT molecular complexity index is 346. The molecule has 0 N–H and O–H groups in total. The molecule has 0 amide bonds. The number of hydrogen-bond acceptors (Lipinski definition) is 3. The molecule has 0 aliphatic rings. The maximum Gasteiger partial charge on any atom is 0.411 e. The Balaban J connectivity index is 0.00000169. The number of ether oxygens (including phenoxy) is 1. The van der Waals surface area contributed by atoms with Crippen molar-refractivity contribution in [3.63, 3.8) is 0 Å². The number of nitrogens with zero attached hydrogens (tertiary/aromatic N) is 3. The second-order valence-corrected chi connectivity index (χ2v) is 2.85. The third kappa shape index (κ3) is 2.51. The smallest absolute Gasteiger partial charge is 0.411 e. The van der Waals surface area contributed by atoms with E-state index in [1.165, 1.54) is 0 Å². The summed E-state index contributed by atoms with van der Waals surface area (Å²) in [6.45, 7) is 0. The summed E-state index contributed by atoms with van der Waals surface area (Å²) in [7, 11) is 5.35. The molecule has 0 atom stereocenters. The molecular weight excluding hydrogens is 202 g/mol. The van der Waals surface area contributed by atoms with Crippen molar-refractivity contribution < 1.29 is 17.1 Å². The highest BCUT2D eigenvalue weighted by molar-refractivity contribution is 5.71. The lowest BCUT2D eigenvalue weighted by Crippen LogP contribution is -3.00. The second-order valence-electron chi connectivity index (χ2n) is 2.85. The van der Waals surface area contributed by atoms with E-state index < -0.39 is 0 Å². The number of halogens is 1. The zero-order chi connectivity index (χ0) is 9.84. The highest BCUT2D eigenvalue weighted by Gasteiger charge is 2.16. The van der Waals surface area contributed by atoms with Gasteiger partial charge in [0, 0.05) is 14.1 Å². The molecule has 1 aromatic rings. The number of hydrogen-bond donors (Lipinski definition) is 0. The van der Waals surface area contributed by atoms with E-state index in [4.69, 9.17) is 10.1 Å². The number of diazo groups is 1. The van der Waals surface area contributed by atoms with Crippen LogP contribution in [0.3, 0.4) is 0 Å². The van der Waals surface area contributed by atoms with Gasteiger partial charge in [-0.1, -0.05) is 0 Å². The van der Waals surface area contributed by atoms with Gasteiger partial charge < -0.3 is 22.0 Å². The van der Waals surface area contributed by atoms with E-state index in [9.17, 15) is 0 Å². The van der Waals surface area contributed by atoms with Gasteiger partial charge in [0.1, 0.15) is 11.4 Å². The Hall–Kier alpha value is -1.47. The van der Waals surface area contributed by atoms with Crippen LogP contribution in [-0.4, -0.2) is 21.2 Å². The monoisotopic (exact) mass is 213 g/mol. The van der Waals surface area contributed by atoms with Crippen molar-refractivity contribution in [2.75, 3.05) is 26.1 Å². The van der Waals surface area contributed by atoms with Crippen LogP contribution < -0.4 is 22.0 Å². The molecule has 4 nitrogen and oxygen atoms in total. The molecule has 76 valence electrons. The fourth-order valence-electron chi connectivity index (χ4n) is 1.09. The molecule has 0 bridgehead atoms. The van der Waals surface area contributed by atoms with Crippen LogP contribution in [0.5, 0.6) is 5.75 Å². The third-order valence-corrected chi connectivity index (χ3v) is 1.77. The SMILES string of the molecule is COc1ccc(N(C)C)c([N+]#N)c1.[Cl-]. The largest absolute Gasteiger partial charge is 1.00 e. The molecule has 0 fully saturated rings. The molecule has 0 aliphatic heterocycles. The molecule has 0 spiro atoms. The van der Waals surface area contributed by atoms with Crippen molar-refractivity contribution in [1.29, 1.82) is 5.39 Å². The first-order valence-corrected chi connectivity index (χ1v) is 3.89. The summed E-state index contributed by atoms with van der Waals surface area (Å²) in [5.74, 6) is 0.679. The van der Waals surface area contributed by atoms with E-state index in [-0.39, 0.29) is 12.4 Å². The van der Waals surface area contributed by atoms with E-state index >= 15 is 0 Å². The predicted molar refractivity (Wildman–Crippen MR) is 52.1 cm³/mol. The molecule has 0 aromatic heterocycles. The van der Waals surface area contributed by atoms with Gasteiger partial charge in [0.2, 0.25) is 5.39 Å². The summed E-state index contributed by atoms with van der Waals surface area (Å²) in [4.78, 5) is 5.05. The summed E-state index contributed by atoms with van der Waals surface area (Å²) >= 11 is 0. The number of benzene rings is 1. The lowest BCUT2D eigenvalue weighted by molar-refractivity contribution is -0.00000331. The van der Waals surface area contributed by atoms with E-state index in [0.717, 1.165) is 5.69 Å². The standard InChI is InChI=1S/C9H12N3O.ClH/c1-12(2)9-5-4-7(13-3)6-8(9)11-10;/h4-6H,1-3H3;1H/q+1;/p-1. The Morgan fingerprint density at radius 2 is 2.00 bits per heavy atom. The lowest BCUT2D eigenvalue weighted by Gasteiger charge is -2.09. The van der Waals surface area contributed by atoms with Crippen LogP contribution in [0, 0.1) is 5.39 Å². The van der Waals surface area contributed by atoms with Crippen LogP contribution in [0.2, 0.25) is 0 Å². The van der Waals surface area contributed by atoms with Crippen molar-refractivity contribution in [3.05, 3.63) is 23.2 Å². The first-order valence-electron chi connectivity index (χ1n) is 3.89. The van der Waals surface area contributed by atoms with Crippen molar-refractivity contribution in [2.24, 2.45) is 0 Å². The van der Waals surface area contributed by atoms with Crippen LogP contribution in [0.25, 0.3) is 4.98 Å². The molecule has 0 unspecified atom stereocenters. The molecule has 1 rings (SSSR count). The first kappa shape index (κ1) is 12.5. The molecule has 1 aromatic carbocycles. The number of anilines is 1. The quantitative estimate of drug-likeness (QED) is 0.607. The molecule has 0 aliphatic carbocycles. The van der Waals surface area contributed by atoms with Crippen LogP contribution >= 0.6 is 0 Å². The number of rotatable bonds is 2. The van der Waals surface area contributed by atoms with E-state index in [2.05, 4.69) is 4.98 Å². The van der Waals surface area contributed by atoms with E-state index in [0.29, 0.717) is 11.4 Å².